The number of hydrogen-bond donors (Lipinski definition) is 6. The molecule has 0 aromatic heterocycles. The van der Waals surface area contributed by atoms with Gasteiger partial charge in [0.05, 0.1) is 12.2 Å². The zero-order chi connectivity index (χ0) is 30.5. The number of benzene rings is 4. The summed E-state index contributed by atoms with van der Waals surface area (Å²) in [5.41, 5.74) is 0. The van der Waals surface area contributed by atoms with Gasteiger partial charge >= 0.3 is 178 Å². The van der Waals surface area contributed by atoms with Crippen molar-refractivity contribution < 1.29 is 29.8 Å². The van der Waals surface area contributed by atoms with Crippen LogP contribution in [0.4, 0.5) is 0 Å². The van der Waals surface area contributed by atoms with Crippen molar-refractivity contribution in [3.05, 3.63) is 121 Å². The Morgan fingerprint density at radius 3 is 0.902 bits per heavy atom. The van der Waals surface area contributed by atoms with Gasteiger partial charge in [-0.3, -0.25) is 0 Å². The summed E-state index contributed by atoms with van der Waals surface area (Å²) in [4.78, 5) is 40.6. The Kier molecular flexibility index (Phi) is 14.2. The topological polar surface area (TPSA) is 121 Å². The Labute approximate surface area is 245 Å². The van der Waals surface area contributed by atoms with E-state index in [2.05, 4.69) is 13.8 Å². The summed E-state index contributed by atoms with van der Waals surface area (Å²) in [6.45, 7) is 7.72. The summed E-state index contributed by atoms with van der Waals surface area (Å²) in [5.74, 6) is 0.476. The van der Waals surface area contributed by atoms with E-state index in [0.29, 0.717) is 27.1 Å². The summed E-state index contributed by atoms with van der Waals surface area (Å²) >= 11 is 0. The fraction of sp³-hybridized carbons (Fsp3) is 0.273. The summed E-state index contributed by atoms with van der Waals surface area (Å²) in [6, 6.07) is 35.9. The van der Waals surface area contributed by atoms with Crippen LogP contribution in [0.25, 0.3) is 0 Å². The van der Waals surface area contributed by atoms with Crippen molar-refractivity contribution in [3.63, 3.8) is 0 Å². The molecule has 6 nitrogen and oxygen atoms in total. The van der Waals surface area contributed by atoms with Gasteiger partial charge in [-0.25, -0.2) is 0 Å². The first kappa shape index (κ1) is 34.7. The molecule has 0 aliphatic carbocycles. The molecule has 224 valence electrons. The van der Waals surface area contributed by atoms with Gasteiger partial charge in [-0.05, 0) is 19.3 Å². The van der Waals surface area contributed by atoms with Crippen molar-refractivity contribution in [2.45, 2.75) is 46.3 Å². The van der Waals surface area contributed by atoms with Crippen LogP contribution in [-0.4, -0.2) is 42.0 Å². The number of hydrogen-bond acceptors (Lipinski definition) is 6. The minimum atomic E-state index is -3.46. The van der Waals surface area contributed by atoms with E-state index in [9.17, 15) is 24.7 Å². The van der Waals surface area contributed by atoms with Crippen LogP contribution >= 0.6 is 15.4 Å². The summed E-state index contributed by atoms with van der Waals surface area (Å²) < 4.78 is 0. The van der Waals surface area contributed by atoms with Crippen LogP contribution in [0.1, 0.15) is 34.1 Å². The second-order valence-corrected chi connectivity index (χ2v) is 15.6. The Hall–Kier alpha value is -2.50. The third kappa shape index (κ3) is 11.0. The molecule has 8 heteroatoms. The van der Waals surface area contributed by atoms with E-state index in [1.54, 1.807) is 55.5 Å². The van der Waals surface area contributed by atoms with Crippen LogP contribution in [0.15, 0.2) is 121 Å². The molecule has 4 aromatic rings. The molecule has 0 radical (unpaired) electrons. The Morgan fingerprint density at radius 1 is 0.463 bits per heavy atom. The van der Waals surface area contributed by atoms with E-state index in [4.69, 9.17) is 5.11 Å². The van der Waals surface area contributed by atoms with Crippen LogP contribution in [0.5, 0.6) is 0 Å². The average Bonchev–Trinajstić information content (AvgIpc) is 2.99. The first-order valence-corrected chi connectivity index (χ1v) is 17.6. The van der Waals surface area contributed by atoms with Gasteiger partial charge in [-0.1, -0.05) is 20.8 Å². The molecule has 0 heterocycles. The van der Waals surface area contributed by atoms with E-state index in [-0.39, 0.29) is 12.0 Å². The van der Waals surface area contributed by atoms with Crippen LogP contribution in [0.3, 0.4) is 0 Å². The van der Waals surface area contributed by atoms with E-state index in [0.717, 1.165) is 6.42 Å². The predicted molar refractivity (Wildman–Crippen MR) is 176 cm³/mol. The van der Waals surface area contributed by atoms with E-state index in [1.807, 2.05) is 79.7 Å². The van der Waals surface area contributed by atoms with Gasteiger partial charge in [-0.15, -0.1) is 0 Å². The van der Waals surface area contributed by atoms with E-state index < -0.39 is 21.5 Å². The molecule has 4 aromatic carbocycles. The zero-order valence-corrected chi connectivity index (χ0v) is 26.2. The van der Waals surface area contributed by atoms with Crippen molar-refractivity contribution in [2.75, 3.05) is 0 Å². The maximum atomic E-state index is 10.2. The standard InChI is InChI=1S/2C12H13O2P.C9H20O2/c2*13-15(14,11-7-3-1-4-8-11)12-9-5-2-6-10-12;1-6(2)5-9(11)7(3)8(4)10/h2*1-10,13-15H;6-11H,5H2,1-4H3. The first-order valence-electron chi connectivity index (χ1n) is 13.8. The average molecular weight is 601 g/mol. The van der Waals surface area contributed by atoms with Crippen LogP contribution < -0.4 is 21.2 Å². The molecule has 0 saturated heterocycles. The number of aliphatic hydroxyl groups excluding tert-OH is 2. The SMILES string of the molecule is CC(C)CC(O)C(C)C(C)O.O[PH](O)(c1ccccc1)c1ccccc1.O[PH](O)(c1ccccc1)c1ccccc1. The second-order valence-electron chi connectivity index (χ2n) is 10.6. The molecule has 4 rings (SSSR count). The monoisotopic (exact) mass is 600 g/mol. The predicted octanol–water partition coefficient (Wildman–Crippen LogP) is 3.81. The van der Waals surface area contributed by atoms with Gasteiger partial charge < -0.3 is 10.2 Å². The Bertz CT molecular complexity index is 1070. The fourth-order valence-electron chi connectivity index (χ4n) is 4.03. The quantitative estimate of drug-likeness (QED) is 0.171. The molecule has 41 heavy (non-hydrogen) atoms. The molecule has 0 fully saturated rings. The van der Waals surface area contributed by atoms with Gasteiger partial charge in [0.1, 0.15) is 0 Å². The fourth-order valence-corrected chi connectivity index (χ4v) is 7.33. The molecule has 0 saturated carbocycles. The molecule has 0 amide bonds. The van der Waals surface area contributed by atoms with Gasteiger partial charge in [0.2, 0.25) is 0 Å². The molecule has 0 aliphatic rings. The zero-order valence-electron chi connectivity index (χ0n) is 24.2. The molecule has 0 spiro atoms. The minimum absolute atomic E-state index is 0.0163. The molecule has 0 aliphatic heterocycles. The molecular weight excluding hydrogens is 554 g/mol. The molecular formula is C33H46O6P2. The van der Waals surface area contributed by atoms with Crippen LogP contribution in [0, 0.1) is 11.8 Å². The van der Waals surface area contributed by atoms with Crippen molar-refractivity contribution in [1.29, 1.82) is 0 Å². The number of rotatable bonds is 8. The van der Waals surface area contributed by atoms with Crippen molar-refractivity contribution >= 4 is 36.7 Å². The molecule has 3 atom stereocenters. The van der Waals surface area contributed by atoms with Crippen molar-refractivity contribution in [3.8, 4) is 0 Å². The van der Waals surface area contributed by atoms with Crippen LogP contribution in [0.2, 0.25) is 0 Å². The normalized spacial score (nSPS) is 14.4. The van der Waals surface area contributed by atoms with E-state index in [1.165, 1.54) is 0 Å². The second kappa shape index (κ2) is 16.8. The maximum absolute atomic E-state index is 10.2. The third-order valence-electron chi connectivity index (χ3n) is 6.79. The Balaban J connectivity index is 0.000000219. The summed E-state index contributed by atoms with van der Waals surface area (Å²) in [5, 5.41) is 21.1. The summed E-state index contributed by atoms with van der Waals surface area (Å²) in [7, 11) is -6.91. The van der Waals surface area contributed by atoms with Crippen molar-refractivity contribution in [1.82, 2.24) is 0 Å². The van der Waals surface area contributed by atoms with Crippen molar-refractivity contribution in [2.24, 2.45) is 11.8 Å². The van der Waals surface area contributed by atoms with Gasteiger partial charge in [0.25, 0.3) is 0 Å². The van der Waals surface area contributed by atoms with E-state index >= 15 is 0 Å². The summed E-state index contributed by atoms with van der Waals surface area (Å²) in [6.07, 6.45) is -0.00903. The van der Waals surface area contributed by atoms with Gasteiger partial charge in [0.15, 0.2) is 0 Å². The van der Waals surface area contributed by atoms with Gasteiger partial charge in [-0.2, -0.15) is 0 Å². The molecule has 0 bridgehead atoms. The van der Waals surface area contributed by atoms with Crippen LogP contribution in [-0.2, 0) is 0 Å². The Morgan fingerprint density at radius 2 is 0.707 bits per heavy atom. The molecule has 3 unspecified atom stereocenters. The van der Waals surface area contributed by atoms with Gasteiger partial charge in [0, 0.05) is 5.92 Å². The molecule has 6 N–H and O–H groups in total. The number of aliphatic hydroxyl groups is 2. The third-order valence-corrected chi connectivity index (χ3v) is 11.3. The first-order chi connectivity index (χ1) is 19.4.